The standard InChI is InChI=1S/C16H19N3O/c1-16(7-4-8-16)10-19-15(20)13-9-18-14(17)12-6-3-2-5-11(12)13/h2-3,5-6,9H,4,7-8,10H2,1H3,(H2,17,18)(H,19,20). The molecule has 2 aromatic rings. The number of benzene rings is 1. The van der Waals surface area contributed by atoms with Gasteiger partial charge >= 0.3 is 0 Å². The molecule has 1 aromatic carbocycles. The van der Waals surface area contributed by atoms with Gasteiger partial charge in [-0.05, 0) is 23.6 Å². The fourth-order valence-corrected chi connectivity index (χ4v) is 2.74. The van der Waals surface area contributed by atoms with E-state index >= 15 is 0 Å². The number of fused-ring (bicyclic) bond motifs is 1. The smallest absolute Gasteiger partial charge is 0.253 e. The summed E-state index contributed by atoms with van der Waals surface area (Å²) >= 11 is 0. The Hall–Kier alpha value is -2.10. The highest BCUT2D eigenvalue weighted by molar-refractivity contribution is 6.08. The largest absolute Gasteiger partial charge is 0.383 e. The molecule has 0 bridgehead atoms. The van der Waals surface area contributed by atoms with Crippen molar-refractivity contribution in [1.29, 1.82) is 0 Å². The Morgan fingerprint density at radius 3 is 2.70 bits per heavy atom. The Labute approximate surface area is 118 Å². The van der Waals surface area contributed by atoms with Crippen LogP contribution in [0.5, 0.6) is 0 Å². The third-order valence-corrected chi connectivity index (χ3v) is 4.31. The van der Waals surface area contributed by atoms with Crippen LogP contribution in [0.25, 0.3) is 10.8 Å². The molecule has 1 amide bonds. The number of anilines is 1. The van der Waals surface area contributed by atoms with Crippen molar-refractivity contribution in [3.05, 3.63) is 36.0 Å². The lowest BCUT2D eigenvalue weighted by molar-refractivity contribution is 0.0892. The second kappa shape index (κ2) is 4.78. The van der Waals surface area contributed by atoms with Crippen molar-refractivity contribution >= 4 is 22.5 Å². The minimum atomic E-state index is -0.0678. The number of nitrogens with one attached hydrogen (secondary N) is 1. The minimum absolute atomic E-state index is 0.0678. The number of hydrogen-bond donors (Lipinski definition) is 2. The van der Waals surface area contributed by atoms with E-state index in [9.17, 15) is 4.79 Å². The van der Waals surface area contributed by atoms with E-state index < -0.39 is 0 Å². The van der Waals surface area contributed by atoms with Crippen molar-refractivity contribution < 1.29 is 4.79 Å². The van der Waals surface area contributed by atoms with Crippen LogP contribution in [0.2, 0.25) is 0 Å². The average Bonchev–Trinajstić information content (AvgIpc) is 2.43. The Morgan fingerprint density at radius 1 is 1.35 bits per heavy atom. The summed E-state index contributed by atoms with van der Waals surface area (Å²) in [5.41, 5.74) is 6.72. The first kappa shape index (κ1) is 12.9. The number of hydrogen-bond acceptors (Lipinski definition) is 3. The molecule has 1 fully saturated rings. The first-order valence-corrected chi connectivity index (χ1v) is 7.00. The first-order chi connectivity index (χ1) is 9.59. The van der Waals surface area contributed by atoms with E-state index in [-0.39, 0.29) is 11.3 Å². The quantitative estimate of drug-likeness (QED) is 0.900. The molecule has 0 saturated heterocycles. The molecule has 1 aliphatic rings. The van der Waals surface area contributed by atoms with Gasteiger partial charge in [-0.1, -0.05) is 37.6 Å². The summed E-state index contributed by atoms with van der Waals surface area (Å²) in [6.45, 7) is 2.95. The van der Waals surface area contributed by atoms with Gasteiger partial charge in [-0.3, -0.25) is 4.79 Å². The van der Waals surface area contributed by atoms with Gasteiger partial charge in [-0.15, -0.1) is 0 Å². The van der Waals surface area contributed by atoms with Crippen LogP contribution < -0.4 is 11.1 Å². The normalized spacial score (nSPS) is 16.6. The van der Waals surface area contributed by atoms with Gasteiger partial charge in [-0.25, -0.2) is 4.98 Å². The molecule has 20 heavy (non-hydrogen) atoms. The van der Waals surface area contributed by atoms with Crippen LogP contribution >= 0.6 is 0 Å². The topological polar surface area (TPSA) is 68.0 Å². The second-order valence-electron chi connectivity index (χ2n) is 5.95. The number of nitrogen functional groups attached to an aromatic ring is 1. The molecular weight excluding hydrogens is 250 g/mol. The highest BCUT2D eigenvalue weighted by Crippen LogP contribution is 2.39. The lowest BCUT2D eigenvalue weighted by atomic mass is 9.70. The predicted octanol–water partition coefficient (Wildman–Crippen LogP) is 2.74. The maximum atomic E-state index is 12.4. The highest BCUT2D eigenvalue weighted by Gasteiger charge is 2.32. The molecule has 104 valence electrons. The molecule has 4 nitrogen and oxygen atoms in total. The summed E-state index contributed by atoms with van der Waals surface area (Å²) < 4.78 is 0. The molecule has 0 spiro atoms. The molecule has 1 saturated carbocycles. The van der Waals surface area contributed by atoms with Gasteiger partial charge in [0.1, 0.15) is 5.82 Å². The summed E-state index contributed by atoms with van der Waals surface area (Å²) in [7, 11) is 0. The highest BCUT2D eigenvalue weighted by atomic mass is 16.1. The fraction of sp³-hybridized carbons (Fsp3) is 0.375. The summed E-state index contributed by atoms with van der Waals surface area (Å²) in [4.78, 5) is 16.5. The Kier molecular flexibility index (Phi) is 3.08. The predicted molar refractivity (Wildman–Crippen MR) is 80.4 cm³/mol. The number of nitrogens with zero attached hydrogens (tertiary/aromatic N) is 1. The average molecular weight is 269 g/mol. The van der Waals surface area contributed by atoms with Crippen molar-refractivity contribution in [2.75, 3.05) is 12.3 Å². The molecule has 0 unspecified atom stereocenters. The Bertz CT molecular complexity index is 662. The van der Waals surface area contributed by atoms with E-state index in [0.717, 1.165) is 17.3 Å². The number of pyridine rings is 1. The van der Waals surface area contributed by atoms with Crippen molar-refractivity contribution in [2.24, 2.45) is 5.41 Å². The molecule has 1 aliphatic carbocycles. The summed E-state index contributed by atoms with van der Waals surface area (Å²) in [5, 5.41) is 4.72. The van der Waals surface area contributed by atoms with Crippen molar-refractivity contribution in [3.63, 3.8) is 0 Å². The molecule has 0 atom stereocenters. The third-order valence-electron chi connectivity index (χ3n) is 4.31. The van der Waals surface area contributed by atoms with E-state index in [1.165, 1.54) is 19.3 Å². The van der Waals surface area contributed by atoms with Crippen LogP contribution in [-0.2, 0) is 0 Å². The number of carbonyl (C=O) groups is 1. The number of rotatable bonds is 3. The van der Waals surface area contributed by atoms with Gasteiger partial charge in [0, 0.05) is 18.1 Å². The van der Waals surface area contributed by atoms with Gasteiger partial charge in [0.05, 0.1) is 5.56 Å². The van der Waals surface area contributed by atoms with Crippen molar-refractivity contribution in [1.82, 2.24) is 10.3 Å². The molecule has 0 radical (unpaired) electrons. The van der Waals surface area contributed by atoms with Crippen molar-refractivity contribution in [2.45, 2.75) is 26.2 Å². The van der Waals surface area contributed by atoms with E-state index in [1.54, 1.807) is 6.20 Å². The molecule has 1 aromatic heterocycles. The van der Waals surface area contributed by atoms with E-state index in [0.29, 0.717) is 11.4 Å². The van der Waals surface area contributed by atoms with Gasteiger partial charge in [0.25, 0.3) is 5.91 Å². The van der Waals surface area contributed by atoms with Crippen LogP contribution in [0, 0.1) is 5.41 Å². The van der Waals surface area contributed by atoms with Crippen LogP contribution in [0.1, 0.15) is 36.5 Å². The molecule has 1 heterocycles. The number of amides is 1. The van der Waals surface area contributed by atoms with Crippen LogP contribution in [0.3, 0.4) is 0 Å². The van der Waals surface area contributed by atoms with Gasteiger partial charge in [0.15, 0.2) is 0 Å². The second-order valence-corrected chi connectivity index (χ2v) is 5.95. The zero-order valence-electron chi connectivity index (χ0n) is 11.6. The zero-order valence-corrected chi connectivity index (χ0v) is 11.6. The van der Waals surface area contributed by atoms with E-state index in [2.05, 4.69) is 17.2 Å². The van der Waals surface area contributed by atoms with E-state index in [1.807, 2.05) is 24.3 Å². The Balaban J connectivity index is 1.86. The van der Waals surface area contributed by atoms with Gasteiger partial charge < -0.3 is 11.1 Å². The fourth-order valence-electron chi connectivity index (χ4n) is 2.74. The first-order valence-electron chi connectivity index (χ1n) is 7.00. The van der Waals surface area contributed by atoms with Crippen LogP contribution in [-0.4, -0.2) is 17.4 Å². The lowest BCUT2D eigenvalue weighted by Gasteiger charge is -2.38. The maximum absolute atomic E-state index is 12.4. The molecule has 3 rings (SSSR count). The van der Waals surface area contributed by atoms with Crippen molar-refractivity contribution in [3.8, 4) is 0 Å². The monoisotopic (exact) mass is 269 g/mol. The zero-order chi connectivity index (χ0) is 14.2. The summed E-state index contributed by atoms with van der Waals surface area (Å²) in [6.07, 6.45) is 5.21. The SMILES string of the molecule is CC1(CNC(=O)c2cnc(N)c3ccccc23)CCC1. The molecule has 4 heteroatoms. The van der Waals surface area contributed by atoms with Gasteiger partial charge in [-0.2, -0.15) is 0 Å². The summed E-state index contributed by atoms with van der Waals surface area (Å²) in [5.74, 6) is 0.393. The number of carbonyl (C=O) groups excluding carboxylic acids is 1. The molecule has 3 N–H and O–H groups in total. The van der Waals surface area contributed by atoms with Crippen LogP contribution in [0.4, 0.5) is 5.82 Å². The molecular formula is C16H19N3O. The number of aromatic nitrogens is 1. The van der Waals surface area contributed by atoms with Crippen LogP contribution in [0.15, 0.2) is 30.5 Å². The lowest BCUT2D eigenvalue weighted by Crippen LogP contribution is -2.40. The minimum Gasteiger partial charge on any atom is -0.383 e. The third kappa shape index (κ3) is 2.22. The number of nitrogens with two attached hydrogens (primary N) is 1. The molecule has 0 aliphatic heterocycles. The summed E-state index contributed by atoms with van der Waals surface area (Å²) in [6, 6.07) is 7.61. The van der Waals surface area contributed by atoms with E-state index in [4.69, 9.17) is 5.73 Å². The Morgan fingerprint density at radius 2 is 2.05 bits per heavy atom. The van der Waals surface area contributed by atoms with Gasteiger partial charge in [0.2, 0.25) is 0 Å². The maximum Gasteiger partial charge on any atom is 0.253 e.